The fraction of sp³-hybridized carbons (Fsp3) is 0.846. The number of aromatic nitrogens is 2. The van der Waals surface area contributed by atoms with Crippen molar-refractivity contribution < 1.29 is 0 Å². The molecule has 4 atom stereocenters. The van der Waals surface area contributed by atoms with Crippen molar-refractivity contribution in [1.82, 2.24) is 15.5 Å². The lowest BCUT2D eigenvalue weighted by Crippen LogP contribution is -2.11. The normalized spacial score (nSPS) is 41.8. The summed E-state index contributed by atoms with van der Waals surface area (Å²) in [4.78, 5) is 0. The first kappa shape index (κ1) is 10.4. The van der Waals surface area contributed by atoms with Crippen LogP contribution in [0.1, 0.15) is 42.1 Å². The van der Waals surface area contributed by atoms with Crippen molar-refractivity contribution in [1.29, 1.82) is 0 Å². The zero-order chi connectivity index (χ0) is 11.4. The van der Waals surface area contributed by atoms with Crippen molar-refractivity contribution in [2.24, 2.45) is 23.7 Å². The summed E-state index contributed by atoms with van der Waals surface area (Å²) >= 11 is 1.85. The van der Waals surface area contributed by atoms with Gasteiger partial charge in [-0.25, -0.2) is 0 Å². The molecule has 0 radical (unpaired) electrons. The summed E-state index contributed by atoms with van der Waals surface area (Å²) < 4.78 is 0. The number of nitrogens with zero attached hydrogens (tertiary/aromatic N) is 2. The lowest BCUT2D eigenvalue weighted by Gasteiger charge is -2.04. The Hall–Kier alpha value is -0.480. The molecule has 0 saturated heterocycles. The first-order valence-electron chi connectivity index (χ1n) is 6.91. The van der Waals surface area contributed by atoms with E-state index in [0.717, 1.165) is 42.7 Å². The quantitative estimate of drug-likeness (QED) is 0.890. The Morgan fingerprint density at radius 1 is 1.24 bits per heavy atom. The largest absolute Gasteiger partial charge is 0.311 e. The highest BCUT2D eigenvalue weighted by molar-refractivity contribution is 7.11. The molecule has 3 fully saturated rings. The van der Waals surface area contributed by atoms with Gasteiger partial charge in [-0.1, -0.05) is 18.3 Å². The maximum atomic E-state index is 4.44. The van der Waals surface area contributed by atoms with Crippen LogP contribution in [0.15, 0.2) is 0 Å². The smallest absolute Gasteiger partial charge is 0.131 e. The molecule has 4 unspecified atom stereocenters. The molecular weight excluding hydrogens is 230 g/mol. The molecule has 0 spiro atoms. The zero-order valence-corrected chi connectivity index (χ0v) is 11.0. The number of hydrogen-bond donors (Lipinski definition) is 1. The minimum Gasteiger partial charge on any atom is -0.311 e. The highest BCUT2D eigenvalue weighted by atomic mass is 32.1. The second-order valence-electron chi connectivity index (χ2n) is 5.83. The van der Waals surface area contributed by atoms with Gasteiger partial charge in [0.2, 0.25) is 0 Å². The number of hydrogen-bond acceptors (Lipinski definition) is 4. The molecule has 0 aliphatic heterocycles. The molecule has 4 heteroatoms. The van der Waals surface area contributed by atoms with Gasteiger partial charge in [-0.3, -0.25) is 0 Å². The van der Waals surface area contributed by atoms with Crippen LogP contribution in [0.2, 0.25) is 0 Å². The lowest BCUT2D eigenvalue weighted by molar-refractivity contribution is 0.456. The standard InChI is InChI=1S/C13H19N3S/c1-2-14-6-9-15-16-13(17-9)12-10-7-3-4-8(5-7)11(10)12/h7-8,10-12,14H,2-6H2,1H3. The highest BCUT2D eigenvalue weighted by Crippen LogP contribution is 2.73. The van der Waals surface area contributed by atoms with Gasteiger partial charge < -0.3 is 5.32 Å². The molecule has 3 aliphatic carbocycles. The van der Waals surface area contributed by atoms with Crippen LogP contribution in [-0.4, -0.2) is 16.7 Å². The fourth-order valence-corrected chi connectivity index (χ4v) is 5.39. The summed E-state index contributed by atoms with van der Waals surface area (Å²) in [7, 11) is 0. The van der Waals surface area contributed by atoms with Crippen LogP contribution < -0.4 is 5.32 Å². The minimum atomic E-state index is 0.800. The second kappa shape index (κ2) is 3.75. The van der Waals surface area contributed by atoms with Crippen LogP contribution in [0.3, 0.4) is 0 Å². The average Bonchev–Trinajstić information content (AvgIpc) is 2.78. The third-order valence-corrected chi connectivity index (χ3v) is 6.05. The van der Waals surface area contributed by atoms with Gasteiger partial charge in [-0.2, -0.15) is 0 Å². The Bertz CT molecular complexity index is 414. The number of rotatable bonds is 4. The topological polar surface area (TPSA) is 37.8 Å². The molecule has 4 rings (SSSR count). The molecule has 3 nitrogen and oxygen atoms in total. The van der Waals surface area contributed by atoms with Gasteiger partial charge in [0.1, 0.15) is 10.0 Å². The van der Waals surface area contributed by atoms with E-state index in [1.165, 1.54) is 29.3 Å². The van der Waals surface area contributed by atoms with E-state index in [1.54, 1.807) is 0 Å². The van der Waals surface area contributed by atoms with Gasteiger partial charge in [0.05, 0.1) is 0 Å². The summed E-state index contributed by atoms with van der Waals surface area (Å²) in [6.45, 7) is 4.03. The van der Waals surface area contributed by atoms with Crippen LogP contribution in [0.25, 0.3) is 0 Å². The third kappa shape index (κ3) is 1.50. The van der Waals surface area contributed by atoms with Crippen molar-refractivity contribution in [3.8, 4) is 0 Å². The molecular formula is C13H19N3S. The summed E-state index contributed by atoms with van der Waals surface area (Å²) in [5, 5.41) is 14.6. The molecule has 0 aromatic carbocycles. The molecule has 3 aliphatic rings. The third-order valence-electron chi connectivity index (χ3n) is 5.03. The molecule has 92 valence electrons. The zero-order valence-electron chi connectivity index (χ0n) is 10.2. The first-order chi connectivity index (χ1) is 8.38. The maximum Gasteiger partial charge on any atom is 0.131 e. The average molecular weight is 249 g/mol. The van der Waals surface area contributed by atoms with Gasteiger partial charge >= 0.3 is 0 Å². The van der Waals surface area contributed by atoms with Crippen LogP contribution in [-0.2, 0) is 6.54 Å². The van der Waals surface area contributed by atoms with E-state index >= 15 is 0 Å². The molecule has 1 aromatic rings. The highest BCUT2D eigenvalue weighted by Gasteiger charge is 2.66. The van der Waals surface area contributed by atoms with E-state index in [2.05, 4.69) is 22.4 Å². The predicted molar refractivity (Wildman–Crippen MR) is 67.8 cm³/mol. The predicted octanol–water partition coefficient (Wildman–Crippen LogP) is 2.41. The van der Waals surface area contributed by atoms with E-state index < -0.39 is 0 Å². The number of fused-ring (bicyclic) bond motifs is 5. The molecule has 1 heterocycles. The van der Waals surface area contributed by atoms with Crippen molar-refractivity contribution in [3.05, 3.63) is 10.0 Å². The van der Waals surface area contributed by atoms with Crippen LogP contribution in [0.5, 0.6) is 0 Å². The van der Waals surface area contributed by atoms with E-state index in [1.807, 2.05) is 11.3 Å². The van der Waals surface area contributed by atoms with Crippen LogP contribution >= 0.6 is 11.3 Å². The summed E-state index contributed by atoms with van der Waals surface area (Å²) in [5.41, 5.74) is 0. The molecule has 2 bridgehead atoms. The van der Waals surface area contributed by atoms with Gasteiger partial charge in [0, 0.05) is 12.5 Å². The van der Waals surface area contributed by atoms with Crippen molar-refractivity contribution in [3.63, 3.8) is 0 Å². The monoisotopic (exact) mass is 249 g/mol. The van der Waals surface area contributed by atoms with Gasteiger partial charge in [-0.05, 0) is 49.5 Å². The van der Waals surface area contributed by atoms with E-state index in [0.29, 0.717) is 0 Å². The van der Waals surface area contributed by atoms with E-state index in [4.69, 9.17) is 0 Å². The van der Waals surface area contributed by atoms with Gasteiger partial charge in [0.25, 0.3) is 0 Å². The maximum absolute atomic E-state index is 4.44. The summed E-state index contributed by atoms with van der Waals surface area (Å²) in [6.07, 6.45) is 4.51. The summed E-state index contributed by atoms with van der Waals surface area (Å²) in [6, 6.07) is 0. The van der Waals surface area contributed by atoms with Crippen molar-refractivity contribution in [2.75, 3.05) is 6.54 Å². The minimum absolute atomic E-state index is 0.800. The Morgan fingerprint density at radius 3 is 2.71 bits per heavy atom. The molecule has 3 saturated carbocycles. The molecule has 1 aromatic heterocycles. The van der Waals surface area contributed by atoms with Gasteiger partial charge in [0.15, 0.2) is 0 Å². The van der Waals surface area contributed by atoms with Gasteiger partial charge in [-0.15, -0.1) is 10.2 Å². The SMILES string of the molecule is CCNCc1nnc(C2C3C4CCC(C4)C23)s1. The van der Waals surface area contributed by atoms with E-state index in [9.17, 15) is 0 Å². The van der Waals surface area contributed by atoms with Crippen molar-refractivity contribution in [2.45, 2.75) is 38.6 Å². The van der Waals surface area contributed by atoms with Crippen LogP contribution in [0.4, 0.5) is 0 Å². The number of nitrogens with one attached hydrogen (secondary N) is 1. The Kier molecular flexibility index (Phi) is 2.31. The molecule has 1 N–H and O–H groups in total. The molecule has 17 heavy (non-hydrogen) atoms. The second-order valence-corrected chi connectivity index (χ2v) is 6.92. The fourth-order valence-electron chi connectivity index (χ4n) is 4.36. The Labute approximate surface area is 106 Å². The molecule has 0 amide bonds. The van der Waals surface area contributed by atoms with E-state index in [-0.39, 0.29) is 0 Å². The first-order valence-corrected chi connectivity index (χ1v) is 7.73. The Morgan fingerprint density at radius 2 is 2.00 bits per heavy atom. The Balaban J connectivity index is 1.48. The summed E-state index contributed by atoms with van der Waals surface area (Å²) in [5.74, 6) is 4.86. The lowest BCUT2D eigenvalue weighted by atomic mass is 10.0. The van der Waals surface area contributed by atoms with Crippen molar-refractivity contribution >= 4 is 11.3 Å². The van der Waals surface area contributed by atoms with Crippen LogP contribution in [0, 0.1) is 23.7 Å².